The molecule has 0 aliphatic carbocycles. The summed E-state index contributed by atoms with van der Waals surface area (Å²) in [5, 5.41) is 19.8. The average molecular weight is 261 g/mol. The van der Waals surface area contributed by atoms with Crippen LogP contribution in [0.15, 0.2) is 24.3 Å². The molecule has 0 aromatic heterocycles. The maximum Gasteiger partial charge on any atom is 0.0434 e. The van der Waals surface area contributed by atoms with Gasteiger partial charge in [-0.3, -0.25) is 0 Å². The molecule has 0 spiro atoms. The van der Waals surface area contributed by atoms with Gasteiger partial charge in [-0.25, -0.2) is 0 Å². The Hall–Kier alpha value is -0.140. The Kier molecular flexibility index (Phi) is 6.98. The maximum atomic E-state index is 8.88. The van der Waals surface area contributed by atoms with E-state index in [1.54, 1.807) is 0 Å². The van der Waals surface area contributed by atoms with Crippen molar-refractivity contribution in [3.05, 3.63) is 29.3 Å². The van der Waals surface area contributed by atoms with Gasteiger partial charge in [-0.1, -0.05) is 31.7 Å². The van der Waals surface area contributed by atoms with E-state index in [0.29, 0.717) is 0 Å². The van der Waals surface area contributed by atoms with E-state index in [0.717, 1.165) is 30.2 Å². The third-order valence-electron chi connectivity index (χ3n) is 2.35. The lowest BCUT2D eigenvalue weighted by Crippen LogP contribution is -2.08. The first-order chi connectivity index (χ1) is 7.77. The van der Waals surface area contributed by atoms with E-state index < -0.39 is 0 Å². The predicted molar refractivity (Wildman–Crippen MR) is 71.1 cm³/mol. The van der Waals surface area contributed by atoms with Crippen LogP contribution in [0.1, 0.15) is 12.8 Å². The van der Waals surface area contributed by atoms with Gasteiger partial charge in [0, 0.05) is 18.2 Å². The first-order valence-electron chi connectivity index (χ1n) is 5.50. The molecule has 1 aromatic rings. The zero-order valence-electron chi connectivity index (χ0n) is 9.27. The van der Waals surface area contributed by atoms with Crippen LogP contribution in [0, 0.1) is 0 Å². The molecule has 4 heteroatoms. The van der Waals surface area contributed by atoms with E-state index in [9.17, 15) is 0 Å². The van der Waals surface area contributed by atoms with Crippen LogP contribution in [-0.4, -0.2) is 35.8 Å². The first-order valence-corrected chi connectivity index (χ1v) is 7.59. The van der Waals surface area contributed by atoms with E-state index in [1.165, 1.54) is 5.30 Å². The van der Waals surface area contributed by atoms with Crippen molar-refractivity contribution in [3.8, 4) is 0 Å². The molecule has 1 aromatic carbocycles. The molecule has 0 heterocycles. The Morgan fingerprint density at radius 2 is 1.69 bits per heavy atom. The second-order valence-electron chi connectivity index (χ2n) is 3.62. The summed E-state index contributed by atoms with van der Waals surface area (Å²) < 4.78 is 0. The number of hydrogen-bond acceptors (Lipinski definition) is 2. The average Bonchev–Trinajstić information content (AvgIpc) is 2.29. The highest BCUT2D eigenvalue weighted by Gasteiger charge is 2.10. The fraction of sp³-hybridized carbons (Fsp3) is 0.500. The van der Waals surface area contributed by atoms with Gasteiger partial charge < -0.3 is 10.2 Å². The maximum absolute atomic E-state index is 8.88. The third kappa shape index (κ3) is 4.80. The molecule has 0 bridgehead atoms. The number of halogens is 1. The van der Waals surface area contributed by atoms with Crippen LogP contribution in [0.25, 0.3) is 0 Å². The van der Waals surface area contributed by atoms with Gasteiger partial charge in [0.25, 0.3) is 0 Å². The summed E-state index contributed by atoms with van der Waals surface area (Å²) in [7, 11) is -0.288. The van der Waals surface area contributed by atoms with Gasteiger partial charge in [0.2, 0.25) is 0 Å². The highest BCUT2D eigenvalue weighted by Crippen LogP contribution is 2.36. The van der Waals surface area contributed by atoms with Crippen LogP contribution < -0.4 is 5.30 Å². The Labute approximate surface area is 103 Å². The molecule has 2 N–H and O–H groups in total. The Morgan fingerprint density at radius 3 is 2.19 bits per heavy atom. The van der Waals surface area contributed by atoms with Gasteiger partial charge in [-0.05, 0) is 42.6 Å². The zero-order valence-corrected chi connectivity index (χ0v) is 10.9. The van der Waals surface area contributed by atoms with Crippen molar-refractivity contribution in [1.82, 2.24) is 0 Å². The van der Waals surface area contributed by atoms with Crippen LogP contribution in [0.3, 0.4) is 0 Å². The quantitative estimate of drug-likeness (QED) is 0.738. The fourth-order valence-corrected chi connectivity index (χ4v) is 4.24. The monoisotopic (exact) mass is 260 g/mol. The first kappa shape index (κ1) is 13.9. The van der Waals surface area contributed by atoms with Gasteiger partial charge in [0.05, 0.1) is 0 Å². The van der Waals surface area contributed by atoms with Gasteiger partial charge in [0.15, 0.2) is 0 Å². The Bertz CT molecular complexity index is 299. The predicted octanol–water partition coefficient (Wildman–Crippen LogP) is 2.21. The summed E-state index contributed by atoms with van der Waals surface area (Å²) in [5.41, 5.74) is 0. The smallest absolute Gasteiger partial charge is 0.0434 e. The lowest BCUT2D eigenvalue weighted by atomic mass is 10.4. The SMILES string of the molecule is OCCCP(CCCO)c1cccc(Cl)c1. The Balaban J connectivity index is 2.66. The molecular formula is C12H18ClO2P. The van der Waals surface area contributed by atoms with Crippen molar-refractivity contribution >= 4 is 24.8 Å². The standard InChI is InChI=1S/C12H18ClO2P/c13-11-4-1-5-12(10-11)16(8-2-6-14)9-3-7-15/h1,4-5,10,14-15H,2-3,6-9H2. The topological polar surface area (TPSA) is 40.5 Å². The van der Waals surface area contributed by atoms with Gasteiger partial charge in [0.1, 0.15) is 0 Å². The van der Waals surface area contributed by atoms with Crippen molar-refractivity contribution in [1.29, 1.82) is 0 Å². The van der Waals surface area contributed by atoms with E-state index in [-0.39, 0.29) is 21.1 Å². The molecular weight excluding hydrogens is 243 g/mol. The lowest BCUT2D eigenvalue weighted by molar-refractivity contribution is 0.294. The summed E-state index contributed by atoms with van der Waals surface area (Å²) in [6.07, 6.45) is 3.66. The minimum absolute atomic E-state index is 0.235. The van der Waals surface area contributed by atoms with Crippen LogP contribution >= 0.6 is 19.5 Å². The van der Waals surface area contributed by atoms with E-state index >= 15 is 0 Å². The van der Waals surface area contributed by atoms with Gasteiger partial charge >= 0.3 is 0 Å². The van der Waals surface area contributed by atoms with Crippen molar-refractivity contribution in [3.63, 3.8) is 0 Å². The minimum Gasteiger partial charge on any atom is -0.396 e. The van der Waals surface area contributed by atoms with E-state index in [2.05, 4.69) is 6.07 Å². The lowest BCUT2D eigenvalue weighted by Gasteiger charge is -2.17. The van der Waals surface area contributed by atoms with E-state index in [1.807, 2.05) is 18.2 Å². The third-order valence-corrected chi connectivity index (χ3v) is 5.30. The van der Waals surface area contributed by atoms with Crippen molar-refractivity contribution in [2.45, 2.75) is 12.8 Å². The highest BCUT2D eigenvalue weighted by molar-refractivity contribution is 7.65. The molecule has 0 saturated heterocycles. The number of benzene rings is 1. The van der Waals surface area contributed by atoms with Gasteiger partial charge in [-0.2, -0.15) is 0 Å². The molecule has 0 atom stereocenters. The van der Waals surface area contributed by atoms with Crippen LogP contribution in [0.5, 0.6) is 0 Å². The summed E-state index contributed by atoms with van der Waals surface area (Å²) in [6, 6.07) is 7.93. The molecule has 0 amide bonds. The molecule has 1 rings (SSSR count). The van der Waals surface area contributed by atoms with Crippen LogP contribution in [0.4, 0.5) is 0 Å². The molecule has 2 nitrogen and oxygen atoms in total. The second-order valence-corrected chi connectivity index (χ2v) is 6.55. The molecule has 0 aliphatic heterocycles. The summed E-state index contributed by atoms with van der Waals surface area (Å²) in [6.45, 7) is 0.469. The number of rotatable bonds is 7. The Morgan fingerprint density at radius 1 is 1.06 bits per heavy atom. The van der Waals surface area contributed by atoms with Crippen molar-refractivity contribution in [2.24, 2.45) is 0 Å². The molecule has 0 radical (unpaired) electrons. The van der Waals surface area contributed by atoms with Crippen LogP contribution in [0.2, 0.25) is 5.02 Å². The molecule has 0 unspecified atom stereocenters. The number of aliphatic hydroxyl groups excluding tert-OH is 2. The summed E-state index contributed by atoms with van der Waals surface area (Å²) in [5.74, 6) is 0. The van der Waals surface area contributed by atoms with E-state index in [4.69, 9.17) is 21.8 Å². The van der Waals surface area contributed by atoms with Gasteiger partial charge in [-0.15, -0.1) is 0 Å². The zero-order chi connectivity index (χ0) is 11.8. The summed E-state index contributed by atoms with van der Waals surface area (Å²) >= 11 is 5.97. The fourth-order valence-electron chi connectivity index (χ4n) is 1.57. The largest absolute Gasteiger partial charge is 0.396 e. The normalized spacial score (nSPS) is 11.0. The summed E-state index contributed by atoms with van der Waals surface area (Å²) in [4.78, 5) is 0. The molecule has 0 aliphatic rings. The van der Waals surface area contributed by atoms with Crippen molar-refractivity contribution in [2.75, 3.05) is 25.5 Å². The number of aliphatic hydroxyl groups is 2. The number of hydrogen-bond donors (Lipinski definition) is 2. The molecule has 0 saturated carbocycles. The second kappa shape index (κ2) is 8.03. The molecule has 90 valence electrons. The van der Waals surface area contributed by atoms with Crippen molar-refractivity contribution < 1.29 is 10.2 Å². The molecule has 0 fully saturated rings. The van der Waals surface area contributed by atoms with Crippen LogP contribution in [-0.2, 0) is 0 Å². The highest BCUT2D eigenvalue weighted by atomic mass is 35.5. The molecule has 16 heavy (non-hydrogen) atoms. The minimum atomic E-state index is -0.288.